The van der Waals surface area contributed by atoms with Crippen LogP contribution in [0.2, 0.25) is 5.02 Å². The first-order chi connectivity index (χ1) is 9.65. The molecule has 20 heavy (non-hydrogen) atoms. The minimum atomic E-state index is -0.192. The highest BCUT2D eigenvalue weighted by Crippen LogP contribution is 2.36. The van der Waals surface area contributed by atoms with E-state index in [1.165, 1.54) is 36.8 Å². The van der Waals surface area contributed by atoms with Gasteiger partial charge in [0.15, 0.2) is 0 Å². The second-order valence-corrected chi connectivity index (χ2v) is 7.02. The Hall–Kier alpha value is -0.500. The summed E-state index contributed by atoms with van der Waals surface area (Å²) in [5.74, 6) is 0. The molecule has 1 unspecified atom stereocenters. The molecule has 1 atom stereocenters. The number of hydrogen-bond donors (Lipinski definition) is 0. The van der Waals surface area contributed by atoms with E-state index >= 15 is 0 Å². The molecule has 1 aliphatic rings. The van der Waals surface area contributed by atoms with E-state index in [-0.39, 0.29) is 5.38 Å². The van der Waals surface area contributed by atoms with Gasteiger partial charge in [0.25, 0.3) is 0 Å². The topological polar surface area (TPSA) is 0 Å². The van der Waals surface area contributed by atoms with Crippen LogP contribution in [0.3, 0.4) is 0 Å². The van der Waals surface area contributed by atoms with E-state index in [2.05, 4.69) is 34.1 Å². The molecule has 0 aliphatic heterocycles. The van der Waals surface area contributed by atoms with E-state index in [9.17, 15) is 0 Å². The monoisotopic (exact) mass is 368 g/mol. The molecular weight excluding hydrogens is 355 g/mol. The Balaban J connectivity index is 1.95. The Kier molecular flexibility index (Phi) is 4.40. The second-order valence-electron chi connectivity index (χ2n) is 5.26. The molecule has 0 saturated heterocycles. The van der Waals surface area contributed by atoms with Crippen LogP contribution in [-0.4, -0.2) is 0 Å². The van der Waals surface area contributed by atoms with Crippen LogP contribution in [0.15, 0.2) is 40.9 Å². The van der Waals surface area contributed by atoms with Gasteiger partial charge in [-0.3, -0.25) is 0 Å². The van der Waals surface area contributed by atoms with Crippen molar-refractivity contribution in [3.8, 4) is 0 Å². The maximum Gasteiger partial charge on any atom is 0.0849 e. The molecule has 0 amide bonds. The van der Waals surface area contributed by atoms with Crippen molar-refractivity contribution in [3.05, 3.63) is 68.1 Å². The van der Waals surface area contributed by atoms with E-state index in [4.69, 9.17) is 23.2 Å². The Morgan fingerprint density at radius 3 is 2.45 bits per heavy atom. The number of fused-ring (bicyclic) bond motifs is 1. The van der Waals surface area contributed by atoms with Crippen LogP contribution in [0.5, 0.6) is 0 Å². The lowest BCUT2D eigenvalue weighted by atomic mass is 9.89. The molecule has 0 bridgehead atoms. The molecule has 0 radical (unpaired) electrons. The van der Waals surface area contributed by atoms with Crippen LogP contribution in [-0.2, 0) is 12.8 Å². The quantitative estimate of drug-likeness (QED) is 0.544. The molecule has 2 aromatic carbocycles. The molecule has 3 rings (SSSR count). The molecule has 0 nitrogen and oxygen atoms in total. The highest BCUT2D eigenvalue weighted by atomic mass is 79.9. The van der Waals surface area contributed by atoms with Crippen molar-refractivity contribution in [3.63, 3.8) is 0 Å². The van der Waals surface area contributed by atoms with Crippen molar-refractivity contribution in [1.29, 1.82) is 0 Å². The van der Waals surface area contributed by atoms with Gasteiger partial charge in [0, 0.05) is 9.50 Å². The van der Waals surface area contributed by atoms with Gasteiger partial charge in [-0.05, 0) is 60.1 Å². The van der Waals surface area contributed by atoms with Gasteiger partial charge in [-0.25, -0.2) is 0 Å². The third-order valence-electron chi connectivity index (χ3n) is 3.90. The van der Waals surface area contributed by atoms with Crippen molar-refractivity contribution in [2.45, 2.75) is 31.1 Å². The molecular formula is C17H15BrCl2. The molecule has 2 aromatic rings. The SMILES string of the molecule is Clc1cc(Br)ccc1C(Cl)c1ccc2c(c1)CCCC2. The van der Waals surface area contributed by atoms with E-state index in [0.29, 0.717) is 5.02 Å². The molecule has 0 aromatic heterocycles. The lowest BCUT2D eigenvalue weighted by Crippen LogP contribution is -2.04. The second kappa shape index (κ2) is 6.09. The minimum absolute atomic E-state index is 0.192. The standard InChI is InChI=1S/C17H15BrCl2/c18-14-7-8-15(16(19)10-14)17(20)13-6-5-11-3-1-2-4-12(11)9-13/h5-10,17H,1-4H2. The van der Waals surface area contributed by atoms with Crippen molar-refractivity contribution in [2.75, 3.05) is 0 Å². The van der Waals surface area contributed by atoms with Crippen molar-refractivity contribution in [2.24, 2.45) is 0 Å². The summed E-state index contributed by atoms with van der Waals surface area (Å²) in [7, 11) is 0. The normalized spacial score (nSPS) is 15.8. The summed E-state index contributed by atoms with van der Waals surface area (Å²) in [5.41, 5.74) is 5.03. The smallest absolute Gasteiger partial charge is 0.0849 e. The summed E-state index contributed by atoms with van der Waals surface area (Å²) >= 11 is 16.4. The molecule has 0 saturated carbocycles. The third kappa shape index (κ3) is 2.90. The third-order valence-corrected chi connectivity index (χ3v) is 5.21. The minimum Gasteiger partial charge on any atom is -0.113 e. The largest absolute Gasteiger partial charge is 0.113 e. The summed E-state index contributed by atoms with van der Waals surface area (Å²) in [4.78, 5) is 0. The number of halogens is 3. The number of alkyl halides is 1. The average Bonchev–Trinajstić information content (AvgIpc) is 2.46. The molecule has 0 N–H and O–H groups in total. The van der Waals surface area contributed by atoms with E-state index in [0.717, 1.165) is 15.6 Å². The number of rotatable bonds is 2. The zero-order valence-corrected chi connectivity index (χ0v) is 14.1. The Morgan fingerprint density at radius 2 is 1.70 bits per heavy atom. The first-order valence-corrected chi connectivity index (χ1v) is 8.46. The Morgan fingerprint density at radius 1 is 0.950 bits per heavy atom. The highest BCUT2D eigenvalue weighted by molar-refractivity contribution is 9.10. The van der Waals surface area contributed by atoms with Crippen molar-refractivity contribution >= 4 is 39.1 Å². The van der Waals surface area contributed by atoms with Gasteiger partial charge >= 0.3 is 0 Å². The fourth-order valence-electron chi connectivity index (χ4n) is 2.80. The zero-order chi connectivity index (χ0) is 14.1. The van der Waals surface area contributed by atoms with Crippen LogP contribution in [0.25, 0.3) is 0 Å². The van der Waals surface area contributed by atoms with Gasteiger partial charge < -0.3 is 0 Å². The number of hydrogen-bond acceptors (Lipinski definition) is 0. The van der Waals surface area contributed by atoms with Gasteiger partial charge in [-0.15, -0.1) is 11.6 Å². The Bertz CT molecular complexity index is 637. The summed E-state index contributed by atoms with van der Waals surface area (Å²) in [6.45, 7) is 0. The fraction of sp³-hybridized carbons (Fsp3) is 0.294. The summed E-state index contributed by atoms with van der Waals surface area (Å²) < 4.78 is 0.973. The molecule has 104 valence electrons. The van der Waals surface area contributed by atoms with E-state index in [1.807, 2.05) is 18.2 Å². The molecule has 0 heterocycles. The zero-order valence-electron chi connectivity index (χ0n) is 11.0. The maximum atomic E-state index is 6.63. The van der Waals surface area contributed by atoms with E-state index in [1.54, 1.807) is 0 Å². The van der Waals surface area contributed by atoms with Gasteiger partial charge in [0.05, 0.1) is 5.38 Å². The molecule has 0 spiro atoms. The predicted molar refractivity (Wildman–Crippen MR) is 89.9 cm³/mol. The van der Waals surface area contributed by atoms with Crippen molar-refractivity contribution in [1.82, 2.24) is 0 Å². The van der Waals surface area contributed by atoms with Crippen molar-refractivity contribution < 1.29 is 0 Å². The Labute approximate surface area is 138 Å². The van der Waals surface area contributed by atoms with Crippen LogP contribution in [0, 0.1) is 0 Å². The molecule has 3 heteroatoms. The van der Waals surface area contributed by atoms with Gasteiger partial charge in [0.1, 0.15) is 0 Å². The summed E-state index contributed by atoms with van der Waals surface area (Å²) in [5, 5.41) is 0.514. The van der Waals surface area contributed by atoms with E-state index < -0.39 is 0 Å². The molecule has 0 fully saturated rings. The number of benzene rings is 2. The summed E-state index contributed by atoms with van der Waals surface area (Å²) in [6, 6.07) is 12.5. The average molecular weight is 370 g/mol. The lowest BCUT2D eigenvalue weighted by Gasteiger charge is -2.19. The van der Waals surface area contributed by atoms with Crippen LogP contribution in [0.4, 0.5) is 0 Å². The van der Waals surface area contributed by atoms with Gasteiger partial charge in [0.2, 0.25) is 0 Å². The maximum absolute atomic E-state index is 6.63. The van der Waals surface area contributed by atoms with Gasteiger partial charge in [-0.1, -0.05) is 51.8 Å². The highest BCUT2D eigenvalue weighted by Gasteiger charge is 2.17. The van der Waals surface area contributed by atoms with Gasteiger partial charge in [-0.2, -0.15) is 0 Å². The first-order valence-electron chi connectivity index (χ1n) is 6.86. The predicted octanol–water partition coefficient (Wildman–Crippen LogP) is 6.31. The summed E-state index contributed by atoms with van der Waals surface area (Å²) in [6.07, 6.45) is 4.94. The first kappa shape index (κ1) is 14.4. The fourth-order valence-corrected chi connectivity index (χ4v) is 3.96. The number of aryl methyl sites for hydroxylation is 2. The van der Waals surface area contributed by atoms with Crippen LogP contribution < -0.4 is 0 Å². The van der Waals surface area contributed by atoms with Crippen LogP contribution >= 0.6 is 39.1 Å². The molecule has 1 aliphatic carbocycles. The lowest BCUT2D eigenvalue weighted by molar-refractivity contribution is 0.684. The van der Waals surface area contributed by atoms with Crippen LogP contribution in [0.1, 0.15) is 40.5 Å².